The van der Waals surface area contributed by atoms with E-state index in [1.807, 2.05) is 0 Å². The van der Waals surface area contributed by atoms with E-state index in [0.29, 0.717) is 0 Å². The van der Waals surface area contributed by atoms with Gasteiger partial charge in [0, 0.05) is 29.5 Å². The lowest BCUT2D eigenvalue weighted by atomic mass is 9.77. The average molecular weight is 602 g/mol. The van der Waals surface area contributed by atoms with Crippen LogP contribution in [0, 0.1) is 28.2 Å². The van der Waals surface area contributed by atoms with Crippen LogP contribution in [0.4, 0.5) is 40.8 Å². The van der Waals surface area contributed by atoms with Gasteiger partial charge in [0.15, 0.2) is 29.2 Å². The van der Waals surface area contributed by atoms with Crippen LogP contribution >= 0.6 is 0 Å². The SMILES string of the molecule is COc1c([C@H]2[C@H](C(=O)Nc3cc[n+]([O-])c(C(=N)N)c3)O[C@@](C)(C(F)(F)F)[C@H]2C)ccc(F)c1F.O=C(O)C(F)(F)F. The van der Waals surface area contributed by atoms with Crippen LogP contribution in [-0.4, -0.2) is 54.0 Å². The Hall–Kier alpha value is -4.22. The second-order valence-corrected chi connectivity index (χ2v) is 8.77. The van der Waals surface area contributed by atoms with E-state index in [-0.39, 0.29) is 21.7 Å². The Morgan fingerprint density at radius 2 is 1.76 bits per heavy atom. The van der Waals surface area contributed by atoms with Crippen molar-refractivity contribution < 1.29 is 64.0 Å². The molecule has 3 rings (SSSR count). The molecule has 5 N–H and O–H groups in total. The summed E-state index contributed by atoms with van der Waals surface area (Å²) in [6.45, 7) is 1.95. The largest absolute Gasteiger partial charge is 0.618 e. The molecule has 0 saturated carbocycles. The van der Waals surface area contributed by atoms with Crippen LogP contribution in [-0.2, 0) is 14.3 Å². The Bertz CT molecular complexity index is 1340. The number of anilines is 1. The molecule has 4 atom stereocenters. The molecule has 18 heteroatoms. The number of methoxy groups -OCH3 is 1. The number of benzene rings is 1. The number of halogens is 8. The number of carboxylic acid groups (broad SMARTS) is 1. The summed E-state index contributed by atoms with van der Waals surface area (Å²) in [5.74, 6) is -10.6. The zero-order valence-electron chi connectivity index (χ0n) is 21.2. The minimum Gasteiger partial charge on any atom is -0.618 e. The number of carbonyl (C=O) groups excluding carboxylic acids is 1. The molecule has 10 nitrogen and oxygen atoms in total. The van der Waals surface area contributed by atoms with Crippen molar-refractivity contribution in [1.29, 1.82) is 5.41 Å². The second-order valence-electron chi connectivity index (χ2n) is 8.77. The molecule has 41 heavy (non-hydrogen) atoms. The summed E-state index contributed by atoms with van der Waals surface area (Å²) in [7, 11) is 1.02. The Morgan fingerprint density at radius 1 is 1.20 bits per heavy atom. The van der Waals surface area contributed by atoms with Crippen molar-refractivity contribution in [1.82, 2.24) is 0 Å². The molecule has 0 spiro atoms. The number of hydrogen-bond acceptors (Lipinski definition) is 6. The third-order valence-corrected chi connectivity index (χ3v) is 6.28. The molecular formula is C23H22F8N4O6. The number of alkyl halides is 6. The molecule has 1 amide bonds. The van der Waals surface area contributed by atoms with Gasteiger partial charge in [0.05, 0.1) is 12.8 Å². The van der Waals surface area contributed by atoms with E-state index in [1.165, 1.54) is 6.92 Å². The molecule has 1 saturated heterocycles. The Morgan fingerprint density at radius 3 is 2.22 bits per heavy atom. The van der Waals surface area contributed by atoms with Crippen LogP contribution in [0.25, 0.3) is 0 Å². The fourth-order valence-electron chi connectivity index (χ4n) is 4.02. The van der Waals surface area contributed by atoms with Gasteiger partial charge >= 0.3 is 18.3 Å². The molecule has 0 aliphatic carbocycles. The molecular weight excluding hydrogens is 580 g/mol. The number of nitrogens with zero attached hydrogens (tertiary/aromatic N) is 1. The minimum atomic E-state index is -5.08. The third-order valence-electron chi connectivity index (χ3n) is 6.28. The van der Waals surface area contributed by atoms with E-state index in [2.05, 4.69) is 5.32 Å². The van der Waals surface area contributed by atoms with Crippen LogP contribution in [0.1, 0.15) is 31.0 Å². The van der Waals surface area contributed by atoms with Gasteiger partial charge in [-0.2, -0.15) is 35.5 Å². The van der Waals surface area contributed by atoms with Gasteiger partial charge in [-0.25, -0.2) is 9.18 Å². The molecule has 1 aromatic heterocycles. The van der Waals surface area contributed by atoms with Crippen LogP contribution in [0.3, 0.4) is 0 Å². The van der Waals surface area contributed by atoms with Crippen molar-refractivity contribution in [2.24, 2.45) is 11.7 Å². The predicted octanol–water partition coefficient (Wildman–Crippen LogP) is 3.60. The molecule has 1 aliphatic rings. The maximum Gasteiger partial charge on any atom is 0.490 e. The maximum absolute atomic E-state index is 14.4. The molecule has 0 bridgehead atoms. The summed E-state index contributed by atoms with van der Waals surface area (Å²) in [6.07, 6.45) is -10.9. The topological polar surface area (TPSA) is 162 Å². The Kier molecular flexibility index (Phi) is 9.43. The molecule has 1 aliphatic heterocycles. The van der Waals surface area contributed by atoms with Crippen molar-refractivity contribution in [3.05, 3.63) is 58.6 Å². The highest BCUT2D eigenvalue weighted by Crippen LogP contribution is 2.55. The smallest absolute Gasteiger partial charge is 0.490 e. The quantitative estimate of drug-likeness (QED) is 0.134. The maximum atomic E-state index is 14.4. The normalized spacial score (nSPS) is 22.4. The first-order valence-electron chi connectivity index (χ1n) is 11.1. The molecule has 1 aromatic carbocycles. The zero-order valence-corrected chi connectivity index (χ0v) is 21.2. The van der Waals surface area contributed by atoms with E-state index >= 15 is 0 Å². The number of aromatic nitrogens is 1. The minimum absolute atomic E-state index is 0.0461. The van der Waals surface area contributed by atoms with E-state index in [1.54, 1.807) is 0 Å². The van der Waals surface area contributed by atoms with Gasteiger partial charge in [0.25, 0.3) is 11.6 Å². The van der Waals surface area contributed by atoms with E-state index < -0.39 is 71.0 Å². The number of amidine groups is 1. The molecule has 0 radical (unpaired) electrons. The molecule has 0 unspecified atom stereocenters. The highest BCUT2D eigenvalue weighted by Gasteiger charge is 2.66. The van der Waals surface area contributed by atoms with Crippen molar-refractivity contribution in [3.8, 4) is 5.75 Å². The van der Waals surface area contributed by atoms with Crippen LogP contribution < -0.4 is 20.5 Å². The summed E-state index contributed by atoms with van der Waals surface area (Å²) in [5.41, 5.74) is 1.97. The van der Waals surface area contributed by atoms with Crippen molar-refractivity contribution in [2.75, 3.05) is 12.4 Å². The number of hydrogen-bond donors (Lipinski definition) is 4. The van der Waals surface area contributed by atoms with Gasteiger partial charge in [0.1, 0.15) is 6.10 Å². The van der Waals surface area contributed by atoms with Gasteiger partial charge in [-0.3, -0.25) is 10.2 Å². The average Bonchev–Trinajstić information content (AvgIpc) is 3.13. The standard InChI is InChI=1S/C21H21F5N4O4.C2HF3O2/c1-9-14(11-4-5-12(22)15(23)16(11)33-3)17(34-20(9,2)21(24,25)26)19(31)29-10-6-7-30(32)13(8-10)18(27)28;3-2(4,5)1(6)7/h4-9,14,17H,1-3H3,(H3,27,28)(H,29,31);(H,6,7)/t9-,14-,17+,20+;/m0./s1. The van der Waals surface area contributed by atoms with Gasteiger partial charge in [-0.05, 0) is 13.0 Å². The van der Waals surface area contributed by atoms with Gasteiger partial charge in [-0.1, -0.05) is 13.0 Å². The second kappa shape index (κ2) is 11.7. The molecule has 2 aromatic rings. The highest BCUT2D eigenvalue weighted by molar-refractivity contribution is 5.97. The molecule has 2 heterocycles. The summed E-state index contributed by atoms with van der Waals surface area (Å²) >= 11 is 0. The first-order chi connectivity index (χ1) is 18.7. The first kappa shape index (κ1) is 33.0. The fourth-order valence-corrected chi connectivity index (χ4v) is 4.02. The number of nitrogens with one attached hydrogen (secondary N) is 2. The van der Waals surface area contributed by atoms with Crippen molar-refractivity contribution in [3.63, 3.8) is 0 Å². The number of nitrogens with two attached hydrogens (primary N) is 1. The number of nitrogen functional groups attached to an aromatic ring is 1. The van der Waals surface area contributed by atoms with Gasteiger partial charge in [-0.15, -0.1) is 0 Å². The number of amides is 1. The third kappa shape index (κ3) is 6.75. The number of aliphatic carboxylic acids is 1. The van der Waals surface area contributed by atoms with Gasteiger partial charge < -0.3 is 30.8 Å². The zero-order chi connectivity index (χ0) is 31.7. The number of rotatable bonds is 5. The van der Waals surface area contributed by atoms with E-state index in [0.717, 1.165) is 44.5 Å². The summed E-state index contributed by atoms with van der Waals surface area (Å²) in [6, 6.07) is 3.97. The lowest BCUT2D eigenvalue weighted by Gasteiger charge is -2.32. The van der Waals surface area contributed by atoms with Crippen LogP contribution in [0.5, 0.6) is 5.75 Å². The highest BCUT2D eigenvalue weighted by atomic mass is 19.4. The first-order valence-corrected chi connectivity index (χ1v) is 11.1. The van der Waals surface area contributed by atoms with Crippen LogP contribution in [0.2, 0.25) is 0 Å². The van der Waals surface area contributed by atoms with E-state index in [4.69, 9.17) is 30.5 Å². The van der Waals surface area contributed by atoms with Gasteiger partial charge in [0.2, 0.25) is 5.82 Å². The molecule has 1 fully saturated rings. The van der Waals surface area contributed by atoms with Crippen LogP contribution in [0.15, 0.2) is 30.5 Å². The Balaban J connectivity index is 0.000000745. The number of pyridine rings is 1. The summed E-state index contributed by atoms with van der Waals surface area (Å²) < 4.78 is 112. The lowest BCUT2D eigenvalue weighted by molar-refractivity contribution is -0.606. The fraction of sp³-hybridized carbons (Fsp3) is 0.391. The van der Waals surface area contributed by atoms with E-state index in [9.17, 15) is 45.1 Å². The number of ether oxygens (including phenoxy) is 2. The number of carbonyl (C=O) groups is 2. The summed E-state index contributed by atoms with van der Waals surface area (Å²) in [4.78, 5) is 22.0. The number of carboxylic acids is 1. The predicted molar refractivity (Wildman–Crippen MR) is 123 cm³/mol. The monoisotopic (exact) mass is 602 g/mol. The van der Waals surface area contributed by atoms with Crippen molar-refractivity contribution in [2.45, 2.75) is 43.8 Å². The molecule has 226 valence electrons. The Labute approximate surface area is 225 Å². The lowest BCUT2D eigenvalue weighted by Crippen LogP contribution is -2.47. The van der Waals surface area contributed by atoms with Crippen molar-refractivity contribution >= 4 is 23.4 Å². The summed E-state index contributed by atoms with van der Waals surface area (Å²) in [5, 5.41) is 28.6.